The lowest BCUT2D eigenvalue weighted by Crippen LogP contribution is -2.41. The van der Waals surface area contributed by atoms with Crippen LogP contribution in [0.2, 0.25) is 0 Å². The molecule has 9 heteroatoms. The number of fused-ring (bicyclic) bond motifs is 1. The van der Waals surface area contributed by atoms with Crippen LogP contribution in [0.25, 0.3) is 0 Å². The lowest BCUT2D eigenvalue weighted by atomic mass is 9.80. The molecule has 0 unspecified atom stereocenters. The first kappa shape index (κ1) is 21.6. The van der Waals surface area contributed by atoms with Gasteiger partial charge in [0, 0.05) is 25.2 Å². The van der Waals surface area contributed by atoms with E-state index in [0.29, 0.717) is 36.8 Å². The molecule has 5 rings (SSSR count). The highest BCUT2D eigenvalue weighted by Crippen LogP contribution is 2.42. The van der Waals surface area contributed by atoms with Gasteiger partial charge in [0.1, 0.15) is 23.1 Å². The maximum atomic E-state index is 13.5. The number of carbonyl (C=O) groups excluding carboxylic acids is 2. The monoisotopic (exact) mass is 450 g/mol. The molecule has 1 saturated carbocycles. The summed E-state index contributed by atoms with van der Waals surface area (Å²) in [5.41, 5.74) is 2.07. The fourth-order valence-electron chi connectivity index (χ4n) is 4.64. The Morgan fingerprint density at radius 2 is 1.91 bits per heavy atom. The summed E-state index contributed by atoms with van der Waals surface area (Å²) in [5, 5.41) is 3.16. The summed E-state index contributed by atoms with van der Waals surface area (Å²) in [7, 11) is 3.85. The maximum Gasteiger partial charge on any atom is 0.416 e. The third kappa shape index (κ3) is 3.60. The van der Waals surface area contributed by atoms with E-state index in [2.05, 4.69) is 29.0 Å². The van der Waals surface area contributed by atoms with Gasteiger partial charge in [0.15, 0.2) is 0 Å². The Hall–Kier alpha value is -3.20. The number of nitrogens with zero attached hydrogens (tertiary/aromatic N) is 5. The quantitative estimate of drug-likeness (QED) is 0.723. The molecule has 2 amide bonds. The second-order valence-electron chi connectivity index (χ2n) is 9.42. The van der Waals surface area contributed by atoms with Crippen molar-refractivity contribution in [3.05, 3.63) is 41.1 Å². The van der Waals surface area contributed by atoms with Crippen LogP contribution in [0.15, 0.2) is 24.3 Å². The van der Waals surface area contributed by atoms with E-state index in [1.54, 1.807) is 21.9 Å². The van der Waals surface area contributed by atoms with Gasteiger partial charge in [0.05, 0.1) is 24.3 Å². The number of hydrogen-bond donors (Lipinski definition) is 1. The standard InChI is InChI=1S/C24H30N6O3/c1-15(2)28(4)21-11-16-17(18(26-21)12-25-3)13-29(22(16)31)19-7-5-8-20(27-19)30-14-24(9-6-10-24)33-23(30)32/h5,7-8,11,15,25H,6,9-10,12-14H2,1-4H3. The summed E-state index contributed by atoms with van der Waals surface area (Å²) in [5.74, 6) is 1.70. The second kappa shape index (κ2) is 7.98. The highest BCUT2D eigenvalue weighted by Gasteiger charge is 2.50. The molecular formula is C24H30N6O3. The van der Waals surface area contributed by atoms with Crippen molar-refractivity contribution < 1.29 is 14.3 Å². The van der Waals surface area contributed by atoms with Gasteiger partial charge in [-0.1, -0.05) is 6.07 Å². The van der Waals surface area contributed by atoms with Crippen molar-refractivity contribution in [2.45, 2.75) is 57.8 Å². The zero-order valence-corrected chi connectivity index (χ0v) is 19.6. The number of hydrogen-bond acceptors (Lipinski definition) is 7. The van der Waals surface area contributed by atoms with Crippen molar-refractivity contribution >= 4 is 29.5 Å². The average Bonchev–Trinajstić information content (AvgIpc) is 3.31. The minimum absolute atomic E-state index is 0.104. The van der Waals surface area contributed by atoms with E-state index in [1.165, 1.54) is 0 Å². The minimum Gasteiger partial charge on any atom is -0.441 e. The van der Waals surface area contributed by atoms with Crippen LogP contribution < -0.4 is 20.0 Å². The van der Waals surface area contributed by atoms with Crippen molar-refractivity contribution in [2.75, 3.05) is 35.3 Å². The molecule has 2 aromatic rings. The number of carbonyl (C=O) groups is 2. The summed E-state index contributed by atoms with van der Waals surface area (Å²) < 4.78 is 5.63. The zero-order valence-electron chi connectivity index (χ0n) is 19.6. The number of anilines is 3. The number of rotatable bonds is 6. The van der Waals surface area contributed by atoms with Gasteiger partial charge in [-0.3, -0.25) is 14.6 Å². The van der Waals surface area contributed by atoms with E-state index in [9.17, 15) is 9.59 Å². The molecular weight excluding hydrogens is 420 g/mol. The second-order valence-corrected chi connectivity index (χ2v) is 9.42. The Bertz CT molecular complexity index is 1110. The van der Waals surface area contributed by atoms with Crippen molar-refractivity contribution in [1.29, 1.82) is 0 Å². The number of nitrogens with one attached hydrogen (secondary N) is 1. The number of aromatic nitrogens is 2. The average molecular weight is 451 g/mol. The number of amides is 2. The zero-order chi connectivity index (χ0) is 23.3. The van der Waals surface area contributed by atoms with E-state index in [-0.39, 0.29) is 23.6 Å². The molecule has 2 fully saturated rings. The van der Waals surface area contributed by atoms with E-state index in [1.807, 2.05) is 26.2 Å². The molecule has 0 bridgehead atoms. The van der Waals surface area contributed by atoms with Crippen molar-refractivity contribution in [2.24, 2.45) is 0 Å². The van der Waals surface area contributed by atoms with E-state index in [0.717, 1.165) is 36.3 Å². The van der Waals surface area contributed by atoms with Crippen molar-refractivity contribution in [3.8, 4) is 0 Å². The molecule has 1 N–H and O–H groups in total. The first-order valence-corrected chi connectivity index (χ1v) is 11.5. The van der Waals surface area contributed by atoms with Gasteiger partial charge in [-0.05, 0) is 58.4 Å². The van der Waals surface area contributed by atoms with E-state index < -0.39 is 0 Å². The SMILES string of the molecule is CNCc1nc(N(C)C(C)C)cc2c1CN(c1cccc(N3CC4(CCC4)OC3=O)n1)C2=O. The van der Waals surface area contributed by atoms with Crippen molar-refractivity contribution in [3.63, 3.8) is 0 Å². The van der Waals surface area contributed by atoms with Crippen molar-refractivity contribution in [1.82, 2.24) is 15.3 Å². The summed E-state index contributed by atoms with van der Waals surface area (Å²) in [6.45, 7) is 5.66. The Morgan fingerprint density at radius 1 is 1.18 bits per heavy atom. The molecule has 174 valence electrons. The van der Waals surface area contributed by atoms with E-state index >= 15 is 0 Å². The first-order chi connectivity index (χ1) is 15.8. The molecule has 4 heterocycles. The molecule has 1 spiro atoms. The van der Waals surface area contributed by atoms with Crippen LogP contribution >= 0.6 is 0 Å². The number of pyridine rings is 2. The number of ether oxygens (including phenoxy) is 1. The molecule has 3 aliphatic rings. The molecule has 1 saturated heterocycles. The predicted octanol–water partition coefficient (Wildman–Crippen LogP) is 3.08. The first-order valence-electron chi connectivity index (χ1n) is 11.5. The molecule has 1 aliphatic carbocycles. The third-order valence-corrected chi connectivity index (χ3v) is 6.98. The van der Waals surface area contributed by atoms with E-state index in [4.69, 9.17) is 9.72 Å². The smallest absolute Gasteiger partial charge is 0.416 e. The lowest BCUT2D eigenvalue weighted by molar-refractivity contribution is -0.00650. The van der Waals surface area contributed by atoms with Crippen LogP contribution in [0, 0.1) is 0 Å². The molecule has 0 radical (unpaired) electrons. The highest BCUT2D eigenvalue weighted by molar-refractivity contribution is 6.10. The summed E-state index contributed by atoms with van der Waals surface area (Å²) >= 11 is 0. The van der Waals surface area contributed by atoms with Crippen LogP contribution in [0.4, 0.5) is 22.2 Å². The Labute approximate surface area is 193 Å². The molecule has 2 aliphatic heterocycles. The minimum atomic E-state index is -0.364. The van der Waals surface area contributed by atoms with Gasteiger partial charge in [-0.15, -0.1) is 0 Å². The highest BCUT2D eigenvalue weighted by atomic mass is 16.6. The van der Waals surface area contributed by atoms with Crippen LogP contribution in [0.5, 0.6) is 0 Å². The Morgan fingerprint density at radius 3 is 2.52 bits per heavy atom. The predicted molar refractivity (Wildman–Crippen MR) is 126 cm³/mol. The van der Waals surface area contributed by atoms with Crippen LogP contribution in [0.3, 0.4) is 0 Å². The van der Waals surface area contributed by atoms with Crippen LogP contribution in [-0.4, -0.2) is 54.3 Å². The molecule has 2 aromatic heterocycles. The molecule has 33 heavy (non-hydrogen) atoms. The van der Waals surface area contributed by atoms with Gasteiger partial charge in [-0.25, -0.2) is 14.8 Å². The largest absolute Gasteiger partial charge is 0.441 e. The van der Waals surface area contributed by atoms with Gasteiger partial charge in [0.2, 0.25) is 0 Å². The Kier molecular flexibility index (Phi) is 5.23. The normalized spacial score (nSPS) is 18.7. The van der Waals surface area contributed by atoms with Crippen LogP contribution in [0.1, 0.15) is 54.7 Å². The van der Waals surface area contributed by atoms with Gasteiger partial charge in [-0.2, -0.15) is 0 Å². The van der Waals surface area contributed by atoms with Gasteiger partial charge < -0.3 is 15.0 Å². The van der Waals surface area contributed by atoms with Gasteiger partial charge in [0.25, 0.3) is 5.91 Å². The molecule has 0 atom stereocenters. The third-order valence-electron chi connectivity index (χ3n) is 6.98. The summed E-state index contributed by atoms with van der Waals surface area (Å²) in [6, 6.07) is 7.55. The summed E-state index contributed by atoms with van der Waals surface area (Å²) in [4.78, 5) is 40.8. The Balaban J connectivity index is 1.46. The fraction of sp³-hybridized carbons (Fsp3) is 0.500. The topological polar surface area (TPSA) is 90.9 Å². The van der Waals surface area contributed by atoms with Gasteiger partial charge >= 0.3 is 6.09 Å². The summed E-state index contributed by atoms with van der Waals surface area (Å²) in [6.07, 6.45) is 2.50. The lowest BCUT2D eigenvalue weighted by Gasteiger charge is -2.35. The fourth-order valence-corrected chi connectivity index (χ4v) is 4.64. The molecule has 0 aromatic carbocycles. The van der Waals surface area contributed by atoms with Crippen LogP contribution in [-0.2, 0) is 17.8 Å². The maximum absolute atomic E-state index is 13.5. The molecule has 9 nitrogen and oxygen atoms in total.